The number of nitrogens with one attached hydrogen (secondary N) is 3. The summed E-state index contributed by atoms with van der Waals surface area (Å²) in [6.07, 6.45) is 2.97. The minimum absolute atomic E-state index is 0.240. The summed E-state index contributed by atoms with van der Waals surface area (Å²) in [4.78, 5) is 38.2. The number of nitrogens with zero attached hydrogens (tertiary/aromatic N) is 3. The van der Waals surface area contributed by atoms with Crippen LogP contribution in [0.3, 0.4) is 0 Å². The Morgan fingerprint density at radius 2 is 1.98 bits per heavy atom. The zero-order valence-corrected chi connectivity index (χ0v) is 27.3. The summed E-state index contributed by atoms with van der Waals surface area (Å²) < 4.78 is 39.1. The molecule has 0 bridgehead atoms. The van der Waals surface area contributed by atoms with Crippen molar-refractivity contribution in [1.29, 1.82) is 0 Å². The number of likely N-dealkylation sites (tertiary alicyclic amines) is 1. The summed E-state index contributed by atoms with van der Waals surface area (Å²) in [7, 11) is -0.325. The van der Waals surface area contributed by atoms with Crippen molar-refractivity contribution in [1.82, 2.24) is 24.9 Å². The van der Waals surface area contributed by atoms with Crippen molar-refractivity contribution in [3.05, 3.63) is 42.3 Å². The van der Waals surface area contributed by atoms with E-state index in [1.54, 1.807) is 13.2 Å². The third kappa shape index (κ3) is 6.36. The van der Waals surface area contributed by atoms with E-state index in [1.165, 1.54) is 11.3 Å². The molecule has 3 aliphatic rings. The predicted molar refractivity (Wildman–Crippen MR) is 173 cm³/mol. The number of aromatic nitrogens is 2. The van der Waals surface area contributed by atoms with Crippen LogP contribution in [-0.4, -0.2) is 84.8 Å². The van der Waals surface area contributed by atoms with Crippen molar-refractivity contribution in [3.63, 3.8) is 0 Å². The first kappa shape index (κ1) is 31.2. The summed E-state index contributed by atoms with van der Waals surface area (Å²) in [5, 5.41) is 9.19. The van der Waals surface area contributed by atoms with Crippen molar-refractivity contribution in [2.24, 2.45) is 5.92 Å². The number of hydrogen-bond acceptors (Lipinski definition) is 11. The summed E-state index contributed by atoms with van der Waals surface area (Å²) in [6.45, 7) is 8.34. The Bertz CT molecular complexity index is 1760. The minimum atomic E-state index is -3.76. The summed E-state index contributed by atoms with van der Waals surface area (Å²) in [6, 6.07) is 7.12. The number of sulfonamides is 1. The fraction of sp³-hybridized carbons (Fsp3) is 0.484. The Morgan fingerprint density at radius 1 is 1.20 bits per heavy atom. The molecule has 12 nitrogen and oxygen atoms in total. The molecule has 2 aliphatic carbocycles. The van der Waals surface area contributed by atoms with Crippen molar-refractivity contribution < 1.29 is 27.5 Å². The number of ether oxygens (including phenoxy) is 2. The van der Waals surface area contributed by atoms with Crippen LogP contribution in [0.15, 0.2) is 42.3 Å². The third-order valence-electron chi connectivity index (χ3n) is 8.51. The zero-order chi connectivity index (χ0) is 32.1. The van der Waals surface area contributed by atoms with Gasteiger partial charge in [0.2, 0.25) is 15.9 Å². The maximum Gasteiger partial charge on any atom is 0.259 e. The van der Waals surface area contributed by atoms with Gasteiger partial charge in [-0.15, -0.1) is 17.9 Å². The molecular weight excluding hydrogens is 617 g/mol. The number of methoxy groups -OCH3 is 1. The Hall–Kier alpha value is -3.75. The van der Waals surface area contributed by atoms with Crippen LogP contribution >= 0.6 is 11.3 Å². The molecule has 3 fully saturated rings. The van der Waals surface area contributed by atoms with Gasteiger partial charge in [-0.05, 0) is 52.3 Å². The highest BCUT2D eigenvalue weighted by molar-refractivity contribution is 7.91. The molecule has 2 amide bonds. The van der Waals surface area contributed by atoms with E-state index in [4.69, 9.17) is 19.4 Å². The van der Waals surface area contributed by atoms with E-state index in [-0.39, 0.29) is 24.0 Å². The number of carbonyl (C=O) groups is 2. The molecule has 0 unspecified atom stereocenters. The van der Waals surface area contributed by atoms with Crippen molar-refractivity contribution in [3.8, 4) is 22.9 Å². The van der Waals surface area contributed by atoms with E-state index in [2.05, 4.69) is 35.8 Å². The molecule has 14 heteroatoms. The molecule has 45 heavy (non-hydrogen) atoms. The number of likely N-dealkylation sites (N-methyl/N-ethyl adjacent to an activating group) is 1. The average Bonchev–Trinajstić information content (AvgIpc) is 3.89. The monoisotopic (exact) mass is 654 g/mol. The Labute approximate surface area is 266 Å². The number of hydrogen-bond donors (Lipinski definition) is 3. The molecule has 1 aromatic carbocycles. The van der Waals surface area contributed by atoms with Gasteiger partial charge in [-0.2, -0.15) is 0 Å². The highest BCUT2D eigenvalue weighted by atomic mass is 32.2. The lowest BCUT2D eigenvalue weighted by atomic mass is 10.1. The quantitative estimate of drug-likeness (QED) is 0.248. The van der Waals surface area contributed by atoms with Crippen LogP contribution < -0.4 is 24.8 Å². The number of thiazole rings is 1. The number of benzene rings is 1. The van der Waals surface area contributed by atoms with Gasteiger partial charge in [-0.25, -0.2) is 18.4 Å². The molecule has 6 rings (SSSR count). The van der Waals surface area contributed by atoms with Gasteiger partial charge in [0.05, 0.1) is 29.6 Å². The highest BCUT2D eigenvalue weighted by Gasteiger charge is 2.61. The van der Waals surface area contributed by atoms with E-state index in [1.807, 2.05) is 41.6 Å². The van der Waals surface area contributed by atoms with E-state index >= 15 is 0 Å². The van der Waals surface area contributed by atoms with Gasteiger partial charge in [-0.1, -0.05) is 6.08 Å². The number of fused-ring (bicyclic) bond motifs is 1. The second kappa shape index (κ2) is 11.9. The van der Waals surface area contributed by atoms with Crippen LogP contribution in [0.4, 0.5) is 5.13 Å². The molecular formula is C31H38N6O6S2. The second-order valence-electron chi connectivity index (χ2n) is 12.3. The molecule has 2 aromatic heterocycles. The van der Waals surface area contributed by atoms with Crippen LogP contribution in [0.25, 0.3) is 22.3 Å². The van der Waals surface area contributed by atoms with Crippen molar-refractivity contribution in [2.75, 3.05) is 26.0 Å². The number of anilines is 1. The predicted octanol–water partition coefficient (Wildman–Crippen LogP) is 3.31. The zero-order valence-electron chi connectivity index (χ0n) is 25.7. The van der Waals surface area contributed by atoms with Gasteiger partial charge in [0.15, 0.2) is 5.13 Å². The van der Waals surface area contributed by atoms with E-state index in [9.17, 15) is 18.0 Å². The van der Waals surface area contributed by atoms with Crippen molar-refractivity contribution in [2.45, 2.75) is 68.5 Å². The number of amides is 2. The topological polar surface area (TPSA) is 152 Å². The first-order valence-electron chi connectivity index (χ1n) is 15.0. The van der Waals surface area contributed by atoms with Gasteiger partial charge in [0.1, 0.15) is 28.8 Å². The van der Waals surface area contributed by atoms with Gasteiger partial charge < -0.3 is 20.1 Å². The molecule has 3 aromatic rings. The second-order valence-corrected chi connectivity index (χ2v) is 15.2. The average molecular weight is 655 g/mol. The Morgan fingerprint density at radius 3 is 2.64 bits per heavy atom. The lowest BCUT2D eigenvalue weighted by Crippen LogP contribution is -2.55. The van der Waals surface area contributed by atoms with E-state index in [0.29, 0.717) is 60.6 Å². The molecule has 0 radical (unpaired) electrons. The molecule has 1 aliphatic heterocycles. The van der Waals surface area contributed by atoms with E-state index in [0.717, 1.165) is 10.5 Å². The van der Waals surface area contributed by atoms with Crippen molar-refractivity contribution >= 4 is 49.2 Å². The van der Waals surface area contributed by atoms with Gasteiger partial charge in [0, 0.05) is 47.8 Å². The maximum atomic E-state index is 13.6. The minimum Gasteiger partial charge on any atom is -0.497 e. The summed E-state index contributed by atoms with van der Waals surface area (Å²) in [5.41, 5.74) is 0.726. The molecule has 4 atom stereocenters. The number of rotatable bonds is 12. The van der Waals surface area contributed by atoms with Gasteiger partial charge in [0.25, 0.3) is 5.91 Å². The fourth-order valence-corrected chi connectivity index (χ4v) is 8.00. The maximum absolute atomic E-state index is 13.6. The first-order valence-corrected chi connectivity index (χ1v) is 17.4. The van der Waals surface area contributed by atoms with Gasteiger partial charge >= 0.3 is 0 Å². The molecule has 3 N–H and O–H groups in total. The standard InChI is InChI=1S/C31H38N6O6S2/c1-6-18-14-31(18,29(39)36-45(40,41)21-8-9-21)35-28(38)26-12-20(15-37(26)4)43-27-13-24(25-16-44-30(34-25)32-17(2)3)33-23-11-19(42-5)7-10-22(23)27/h6-7,10-11,13,16-18,20-21,26H,1,8-9,12,14-15H2,2-5H3,(H,32,34)(H,35,38)(H,36,39)/t18-,20-,26+,31-/m1/s1. The Kier molecular flexibility index (Phi) is 8.25. The SMILES string of the molecule is C=C[C@@H]1C[C@]1(NC(=O)[C@@H]1C[C@@H](Oc2cc(-c3csc(NC(C)C)n3)nc3cc(OC)ccc23)CN1C)C(=O)NS(=O)(=O)C1CC1. The lowest BCUT2D eigenvalue weighted by Gasteiger charge is -2.23. The lowest BCUT2D eigenvalue weighted by molar-refractivity contribution is -0.131. The normalized spacial score (nSPS) is 24.8. The Balaban J connectivity index is 1.20. The molecule has 0 spiro atoms. The van der Waals surface area contributed by atoms with Crippen LogP contribution in [-0.2, 0) is 19.6 Å². The van der Waals surface area contributed by atoms with Crippen LogP contribution in [0.5, 0.6) is 11.5 Å². The number of carbonyl (C=O) groups excluding carboxylic acids is 2. The highest BCUT2D eigenvalue weighted by Crippen LogP contribution is 2.45. The van der Waals surface area contributed by atoms with Crippen LogP contribution in [0.1, 0.15) is 39.5 Å². The van der Waals surface area contributed by atoms with Gasteiger partial charge in [-0.3, -0.25) is 19.2 Å². The summed E-state index contributed by atoms with van der Waals surface area (Å²) >= 11 is 1.50. The largest absolute Gasteiger partial charge is 0.497 e. The third-order valence-corrected chi connectivity index (χ3v) is 11.1. The molecule has 1 saturated heterocycles. The van der Waals surface area contributed by atoms with Crippen LogP contribution in [0.2, 0.25) is 0 Å². The first-order chi connectivity index (χ1) is 21.4. The molecule has 3 heterocycles. The van der Waals surface area contributed by atoms with Crippen LogP contribution in [0, 0.1) is 5.92 Å². The smallest absolute Gasteiger partial charge is 0.259 e. The molecule has 2 saturated carbocycles. The van der Waals surface area contributed by atoms with E-state index < -0.39 is 32.8 Å². The number of pyridine rings is 1. The molecule has 240 valence electrons. The summed E-state index contributed by atoms with van der Waals surface area (Å²) in [5.74, 6) is -0.143. The fourth-order valence-electron chi connectivity index (χ4n) is 5.78.